The van der Waals surface area contributed by atoms with Crippen LogP contribution in [0.4, 0.5) is 5.69 Å². The van der Waals surface area contributed by atoms with Crippen molar-refractivity contribution in [3.05, 3.63) is 76.4 Å². The van der Waals surface area contributed by atoms with Crippen LogP contribution in [-0.2, 0) is 24.1 Å². The summed E-state index contributed by atoms with van der Waals surface area (Å²) in [5, 5.41) is 27.3. The lowest BCUT2D eigenvalue weighted by molar-refractivity contribution is -0.176. The van der Waals surface area contributed by atoms with Crippen LogP contribution in [0.5, 0.6) is 6.01 Å². The van der Waals surface area contributed by atoms with Crippen molar-refractivity contribution in [3.63, 3.8) is 0 Å². The van der Waals surface area contributed by atoms with Crippen molar-refractivity contribution in [1.82, 2.24) is 30.6 Å². The number of nitrogens with zero attached hydrogens (tertiary/aromatic N) is 5. The molecule has 0 amide bonds. The fraction of sp³-hybridized carbons (Fsp3) is 0.414. The molecule has 0 fully saturated rings. The van der Waals surface area contributed by atoms with Gasteiger partial charge < -0.3 is 19.9 Å². The van der Waals surface area contributed by atoms with Crippen LogP contribution in [0.1, 0.15) is 54.2 Å². The van der Waals surface area contributed by atoms with Gasteiger partial charge in [-0.05, 0) is 75.4 Å². The summed E-state index contributed by atoms with van der Waals surface area (Å²) in [5.74, 6) is -0.422. The second-order valence-electron chi connectivity index (χ2n) is 10.0. The minimum atomic E-state index is -1.14. The lowest BCUT2D eigenvalue weighted by Crippen LogP contribution is -2.24. The van der Waals surface area contributed by atoms with Gasteiger partial charge in [0.2, 0.25) is 0 Å². The first-order chi connectivity index (χ1) is 18.7. The van der Waals surface area contributed by atoms with Gasteiger partial charge in [0, 0.05) is 30.6 Å². The van der Waals surface area contributed by atoms with E-state index in [4.69, 9.17) is 9.47 Å². The van der Waals surface area contributed by atoms with Gasteiger partial charge >= 0.3 is 6.01 Å². The lowest BCUT2D eigenvalue weighted by Gasteiger charge is -2.18. The molecule has 2 aromatic carbocycles. The van der Waals surface area contributed by atoms with Gasteiger partial charge in [-0.3, -0.25) is 0 Å². The number of hydrogen-bond acceptors (Lipinski definition) is 9. The number of aliphatic hydroxyl groups is 1. The maximum atomic E-state index is 9.64. The Morgan fingerprint density at radius 2 is 1.69 bits per heavy atom. The molecule has 0 radical (unpaired) electrons. The molecule has 0 atom stereocenters. The van der Waals surface area contributed by atoms with Gasteiger partial charge in [0.05, 0.1) is 24.6 Å². The molecule has 10 heteroatoms. The van der Waals surface area contributed by atoms with Crippen molar-refractivity contribution in [2.75, 3.05) is 18.5 Å². The molecule has 0 aliphatic heterocycles. The number of ether oxygens (including phenoxy) is 2. The topological polar surface area (TPSA) is 131 Å². The second kappa shape index (κ2) is 12.8. The van der Waals surface area contributed by atoms with Gasteiger partial charge in [-0.25, -0.2) is 0 Å². The van der Waals surface area contributed by atoms with E-state index in [-0.39, 0.29) is 0 Å². The SMILES string of the molecule is Cc1nc(OCCCOC(C)(C)O)nc(C)c1-c1cccc(CNc2ccc(CCc3nn[nH]n3)cc2)c1C. The van der Waals surface area contributed by atoms with E-state index in [0.717, 1.165) is 46.9 Å². The maximum absolute atomic E-state index is 9.64. The molecule has 0 aliphatic rings. The van der Waals surface area contributed by atoms with Crippen molar-refractivity contribution >= 4 is 5.69 Å². The average molecular weight is 532 g/mol. The smallest absolute Gasteiger partial charge is 0.316 e. The standard InChI is InChI=1S/C29H37N7O3/c1-19-23(18-30-24-13-10-22(11-14-24)12-15-26-33-35-36-34-26)8-6-9-25(19)27-20(2)31-28(32-21(27)3)38-16-7-17-39-29(4,5)37/h6,8-11,13-14,30,37H,7,12,15-18H2,1-5H3,(H,33,34,35,36). The number of hydrogen-bond donors (Lipinski definition) is 3. The van der Waals surface area contributed by atoms with E-state index < -0.39 is 5.79 Å². The van der Waals surface area contributed by atoms with Gasteiger partial charge in [0.1, 0.15) is 0 Å². The van der Waals surface area contributed by atoms with Crippen LogP contribution in [0.15, 0.2) is 42.5 Å². The fourth-order valence-corrected chi connectivity index (χ4v) is 4.36. The van der Waals surface area contributed by atoms with Crippen LogP contribution in [0.25, 0.3) is 11.1 Å². The Morgan fingerprint density at radius 1 is 0.949 bits per heavy atom. The van der Waals surface area contributed by atoms with Gasteiger partial charge in [-0.1, -0.05) is 35.5 Å². The molecule has 0 bridgehead atoms. The lowest BCUT2D eigenvalue weighted by atomic mass is 9.94. The van der Waals surface area contributed by atoms with E-state index >= 15 is 0 Å². The van der Waals surface area contributed by atoms with Crippen LogP contribution >= 0.6 is 0 Å². The number of H-pyrrole nitrogens is 1. The predicted octanol–water partition coefficient (Wildman–Crippen LogP) is 4.49. The maximum Gasteiger partial charge on any atom is 0.316 e. The van der Waals surface area contributed by atoms with Crippen molar-refractivity contribution in [2.24, 2.45) is 0 Å². The Hall–Kier alpha value is -3.89. The van der Waals surface area contributed by atoms with Crippen LogP contribution < -0.4 is 10.1 Å². The van der Waals surface area contributed by atoms with Gasteiger partial charge in [0.15, 0.2) is 11.6 Å². The van der Waals surface area contributed by atoms with Crippen LogP contribution in [0, 0.1) is 20.8 Å². The summed E-state index contributed by atoms with van der Waals surface area (Å²) in [5.41, 5.74) is 8.57. The molecule has 2 aromatic heterocycles. The molecule has 0 aliphatic carbocycles. The third-order valence-electron chi connectivity index (χ3n) is 6.40. The fourth-order valence-electron chi connectivity index (χ4n) is 4.36. The zero-order chi connectivity index (χ0) is 27.8. The summed E-state index contributed by atoms with van der Waals surface area (Å²) in [7, 11) is 0. The molecule has 206 valence electrons. The molecule has 0 unspecified atom stereocenters. The van der Waals surface area contributed by atoms with Crippen LogP contribution in [0.3, 0.4) is 0 Å². The highest BCUT2D eigenvalue weighted by Crippen LogP contribution is 2.31. The molecule has 3 N–H and O–H groups in total. The Bertz CT molecular complexity index is 1330. The molecule has 4 rings (SSSR count). The van der Waals surface area contributed by atoms with E-state index in [2.05, 4.69) is 85.3 Å². The van der Waals surface area contributed by atoms with Crippen molar-refractivity contribution in [1.29, 1.82) is 0 Å². The summed E-state index contributed by atoms with van der Waals surface area (Å²) in [4.78, 5) is 9.22. The van der Waals surface area contributed by atoms with Crippen LogP contribution in [0.2, 0.25) is 0 Å². The van der Waals surface area contributed by atoms with E-state index in [0.29, 0.717) is 32.2 Å². The number of anilines is 1. The number of aromatic amines is 1. The van der Waals surface area contributed by atoms with Crippen LogP contribution in [-0.4, -0.2) is 54.7 Å². The summed E-state index contributed by atoms with van der Waals surface area (Å²) < 4.78 is 11.1. The summed E-state index contributed by atoms with van der Waals surface area (Å²) >= 11 is 0. The zero-order valence-corrected chi connectivity index (χ0v) is 23.3. The van der Waals surface area contributed by atoms with E-state index in [1.165, 1.54) is 16.7 Å². The van der Waals surface area contributed by atoms with Gasteiger partial charge in [0.25, 0.3) is 0 Å². The number of aryl methyl sites for hydroxylation is 4. The quantitative estimate of drug-likeness (QED) is 0.169. The minimum Gasteiger partial charge on any atom is -0.463 e. The largest absolute Gasteiger partial charge is 0.463 e. The molecule has 39 heavy (non-hydrogen) atoms. The normalized spacial score (nSPS) is 11.5. The predicted molar refractivity (Wildman–Crippen MR) is 149 cm³/mol. The monoisotopic (exact) mass is 531 g/mol. The highest BCUT2D eigenvalue weighted by molar-refractivity contribution is 5.72. The molecular weight excluding hydrogens is 494 g/mol. The van der Waals surface area contributed by atoms with E-state index in [1.807, 2.05) is 13.8 Å². The third-order valence-corrected chi connectivity index (χ3v) is 6.40. The minimum absolute atomic E-state index is 0.355. The summed E-state index contributed by atoms with van der Waals surface area (Å²) in [6.07, 6.45) is 2.25. The number of nitrogens with one attached hydrogen (secondary N) is 2. The molecule has 0 saturated heterocycles. The van der Waals surface area contributed by atoms with Crippen molar-refractivity contribution in [3.8, 4) is 17.1 Å². The number of tetrazole rings is 1. The second-order valence-corrected chi connectivity index (χ2v) is 10.0. The number of aromatic nitrogens is 6. The molecule has 2 heterocycles. The molecule has 4 aromatic rings. The first-order valence-corrected chi connectivity index (χ1v) is 13.2. The van der Waals surface area contributed by atoms with Crippen molar-refractivity contribution in [2.45, 2.75) is 66.2 Å². The Kier molecular flexibility index (Phi) is 9.21. The van der Waals surface area contributed by atoms with Gasteiger partial charge in [-0.2, -0.15) is 15.2 Å². The first kappa shape index (κ1) is 28.1. The highest BCUT2D eigenvalue weighted by Gasteiger charge is 2.16. The van der Waals surface area contributed by atoms with Gasteiger partial charge in [-0.15, -0.1) is 10.2 Å². The first-order valence-electron chi connectivity index (χ1n) is 13.2. The van der Waals surface area contributed by atoms with E-state index in [1.54, 1.807) is 13.8 Å². The number of rotatable bonds is 13. The highest BCUT2D eigenvalue weighted by atomic mass is 16.6. The summed E-state index contributed by atoms with van der Waals surface area (Å²) in [6, 6.07) is 15.1. The molecular formula is C29H37N7O3. The Labute approximate surface area is 229 Å². The Balaban J connectivity index is 1.37. The van der Waals surface area contributed by atoms with Crippen molar-refractivity contribution < 1.29 is 14.6 Å². The molecule has 0 saturated carbocycles. The Morgan fingerprint density at radius 3 is 2.36 bits per heavy atom. The molecule has 10 nitrogen and oxygen atoms in total. The zero-order valence-electron chi connectivity index (χ0n) is 23.3. The molecule has 0 spiro atoms. The third kappa shape index (κ3) is 8.05. The summed E-state index contributed by atoms with van der Waals surface area (Å²) in [6.45, 7) is 10.8. The number of benzene rings is 2. The van der Waals surface area contributed by atoms with E-state index in [9.17, 15) is 5.11 Å². The average Bonchev–Trinajstić information content (AvgIpc) is 3.41.